The maximum absolute atomic E-state index is 13.1. The van der Waals surface area contributed by atoms with Crippen molar-refractivity contribution in [2.45, 2.75) is 65.3 Å². The molecule has 0 atom stereocenters. The standard InChI is InChI=1S/C24H30N2O2/c1-16(2)19-8-6-7-9-20(19)25-22(27)15-23(28)26-21-11-10-17(3)14-18(21)12-13-24(26,4)5/h6-11,14,16H,12-13,15H2,1-5H3,(H,25,27). The number of nitrogens with one attached hydrogen (secondary N) is 1. The molecule has 1 heterocycles. The van der Waals surface area contributed by atoms with Gasteiger partial charge in [0.05, 0.1) is 0 Å². The van der Waals surface area contributed by atoms with Gasteiger partial charge in [0, 0.05) is 16.9 Å². The number of fused-ring (bicyclic) bond motifs is 1. The van der Waals surface area contributed by atoms with Crippen molar-refractivity contribution < 1.29 is 9.59 Å². The van der Waals surface area contributed by atoms with Crippen LogP contribution in [0.5, 0.6) is 0 Å². The average Bonchev–Trinajstić information content (AvgIpc) is 2.61. The largest absolute Gasteiger partial charge is 0.325 e. The van der Waals surface area contributed by atoms with Crippen molar-refractivity contribution in [1.82, 2.24) is 0 Å². The molecule has 1 aliphatic rings. The van der Waals surface area contributed by atoms with Crippen LogP contribution < -0.4 is 10.2 Å². The zero-order chi connectivity index (χ0) is 20.5. The lowest BCUT2D eigenvalue weighted by Crippen LogP contribution is -2.51. The predicted molar refractivity (Wildman–Crippen MR) is 115 cm³/mol. The number of rotatable bonds is 4. The van der Waals surface area contributed by atoms with Crippen molar-refractivity contribution in [3.05, 3.63) is 59.2 Å². The zero-order valence-corrected chi connectivity index (χ0v) is 17.5. The topological polar surface area (TPSA) is 49.4 Å². The Bertz CT molecular complexity index is 899. The van der Waals surface area contributed by atoms with E-state index in [1.54, 1.807) is 0 Å². The van der Waals surface area contributed by atoms with Crippen LogP contribution in [-0.2, 0) is 16.0 Å². The van der Waals surface area contributed by atoms with Crippen LogP contribution in [-0.4, -0.2) is 17.4 Å². The maximum Gasteiger partial charge on any atom is 0.236 e. The van der Waals surface area contributed by atoms with E-state index in [1.165, 1.54) is 11.1 Å². The molecule has 0 saturated heterocycles. The van der Waals surface area contributed by atoms with Crippen LogP contribution in [0.3, 0.4) is 0 Å². The van der Waals surface area contributed by atoms with Gasteiger partial charge >= 0.3 is 0 Å². The first-order valence-corrected chi connectivity index (χ1v) is 10.0. The summed E-state index contributed by atoms with van der Waals surface area (Å²) in [6.45, 7) is 10.4. The number of benzene rings is 2. The Kier molecular flexibility index (Phi) is 5.59. The molecule has 0 spiro atoms. The van der Waals surface area contributed by atoms with Gasteiger partial charge in [0.2, 0.25) is 11.8 Å². The average molecular weight is 379 g/mol. The van der Waals surface area contributed by atoms with Gasteiger partial charge in [0.25, 0.3) is 0 Å². The second-order valence-electron chi connectivity index (χ2n) is 8.64. The molecule has 4 nitrogen and oxygen atoms in total. The number of anilines is 2. The number of para-hydroxylation sites is 1. The van der Waals surface area contributed by atoms with E-state index in [-0.39, 0.29) is 23.8 Å². The first kappa shape index (κ1) is 20.1. The van der Waals surface area contributed by atoms with Crippen molar-refractivity contribution in [2.24, 2.45) is 0 Å². The normalized spacial score (nSPS) is 15.3. The van der Waals surface area contributed by atoms with Crippen molar-refractivity contribution in [1.29, 1.82) is 0 Å². The summed E-state index contributed by atoms with van der Waals surface area (Å²) in [6, 6.07) is 13.9. The summed E-state index contributed by atoms with van der Waals surface area (Å²) in [5.41, 5.74) is 4.84. The second-order valence-corrected chi connectivity index (χ2v) is 8.64. The lowest BCUT2D eigenvalue weighted by molar-refractivity contribution is -0.125. The van der Waals surface area contributed by atoms with Gasteiger partial charge in [0.1, 0.15) is 6.42 Å². The molecule has 4 heteroatoms. The molecule has 0 aliphatic carbocycles. The van der Waals surface area contributed by atoms with E-state index in [0.29, 0.717) is 5.92 Å². The molecule has 1 N–H and O–H groups in total. The summed E-state index contributed by atoms with van der Waals surface area (Å²) in [4.78, 5) is 27.6. The second kappa shape index (κ2) is 7.78. The molecule has 148 valence electrons. The summed E-state index contributed by atoms with van der Waals surface area (Å²) >= 11 is 0. The summed E-state index contributed by atoms with van der Waals surface area (Å²) in [7, 11) is 0. The highest BCUT2D eigenvalue weighted by Gasteiger charge is 2.37. The van der Waals surface area contributed by atoms with E-state index in [9.17, 15) is 9.59 Å². The van der Waals surface area contributed by atoms with Gasteiger partial charge in [-0.3, -0.25) is 9.59 Å². The van der Waals surface area contributed by atoms with E-state index in [1.807, 2.05) is 41.3 Å². The van der Waals surface area contributed by atoms with Gasteiger partial charge in [-0.1, -0.05) is 49.7 Å². The van der Waals surface area contributed by atoms with E-state index < -0.39 is 0 Å². The smallest absolute Gasteiger partial charge is 0.236 e. The molecule has 0 aromatic heterocycles. The first-order valence-electron chi connectivity index (χ1n) is 10.0. The molecule has 0 unspecified atom stereocenters. The Hall–Kier alpha value is -2.62. The first-order chi connectivity index (χ1) is 13.2. The van der Waals surface area contributed by atoms with Gasteiger partial charge in [0.15, 0.2) is 0 Å². The minimum atomic E-state index is -0.310. The third-order valence-electron chi connectivity index (χ3n) is 5.51. The van der Waals surface area contributed by atoms with E-state index in [2.05, 4.69) is 46.0 Å². The van der Waals surface area contributed by atoms with Crippen molar-refractivity contribution in [3.63, 3.8) is 0 Å². The zero-order valence-electron chi connectivity index (χ0n) is 17.5. The minimum absolute atomic E-state index is 0.158. The summed E-state index contributed by atoms with van der Waals surface area (Å²) in [5, 5.41) is 2.94. The Labute approximate surface area is 167 Å². The van der Waals surface area contributed by atoms with Crippen LogP contribution in [0.4, 0.5) is 11.4 Å². The third kappa shape index (κ3) is 4.11. The Morgan fingerprint density at radius 1 is 1.14 bits per heavy atom. The minimum Gasteiger partial charge on any atom is -0.325 e. The van der Waals surface area contributed by atoms with Gasteiger partial charge in [-0.05, 0) is 62.8 Å². The summed E-state index contributed by atoms with van der Waals surface area (Å²) in [5.74, 6) is -0.134. The summed E-state index contributed by atoms with van der Waals surface area (Å²) in [6.07, 6.45) is 1.66. The van der Waals surface area contributed by atoms with Crippen LogP contribution in [0, 0.1) is 6.92 Å². The molecule has 0 fully saturated rings. The Morgan fingerprint density at radius 2 is 1.86 bits per heavy atom. The molecule has 3 rings (SSSR count). The van der Waals surface area contributed by atoms with E-state index in [0.717, 1.165) is 29.8 Å². The van der Waals surface area contributed by atoms with Crippen LogP contribution >= 0.6 is 0 Å². The Morgan fingerprint density at radius 3 is 2.57 bits per heavy atom. The third-order valence-corrected chi connectivity index (χ3v) is 5.51. The number of carbonyl (C=O) groups is 2. The predicted octanol–water partition coefficient (Wildman–Crippen LogP) is 5.21. The fraction of sp³-hybridized carbons (Fsp3) is 0.417. The van der Waals surface area contributed by atoms with E-state index in [4.69, 9.17) is 0 Å². The number of carbonyl (C=O) groups excluding carboxylic acids is 2. The Balaban J connectivity index is 1.80. The molecule has 2 amide bonds. The lowest BCUT2D eigenvalue weighted by Gasteiger charge is -2.43. The van der Waals surface area contributed by atoms with Gasteiger partial charge in [-0.15, -0.1) is 0 Å². The van der Waals surface area contributed by atoms with E-state index >= 15 is 0 Å². The lowest BCUT2D eigenvalue weighted by atomic mass is 9.86. The highest BCUT2D eigenvalue weighted by atomic mass is 16.2. The highest BCUT2D eigenvalue weighted by Crippen LogP contribution is 2.37. The van der Waals surface area contributed by atoms with Crippen LogP contribution in [0.15, 0.2) is 42.5 Å². The van der Waals surface area contributed by atoms with Crippen LogP contribution in [0.1, 0.15) is 63.1 Å². The molecule has 28 heavy (non-hydrogen) atoms. The van der Waals surface area contributed by atoms with Gasteiger partial charge in [-0.2, -0.15) is 0 Å². The summed E-state index contributed by atoms with van der Waals surface area (Å²) < 4.78 is 0. The quantitative estimate of drug-likeness (QED) is 0.743. The molecule has 0 saturated carbocycles. The van der Waals surface area contributed by atoms with Crippen molar-refractivity contribution in [3.8, 4) is 0 Å². The fourth-order valence-corrected chi connectivity index (χ4v) is 4.01. The van der Waals surface area contributed by atoms with Crippen LogP contribution in [0.25, 0.3) is 0 Å². The van der Waals surface area contributed by atoms with Crippen molar-refractivity contribution in [2.75, 3.05) is 10.2 Å². The fourth-order valence-electron chi connectivity index (χ4n) is 4.01. The number of aryl methyl sites for hydroxylation is 2. The number of nitrogens with zero attached hydrogens (tertiary/aromatic N) is 1. The van der Waals surface area contributed by atoms with Gasteiger partial charge in [-0.25, -0.2) is 0 Å². The molecule has 0 radical (unpaired) electrons. The highest BCUT2D eigenvalue weighted by molar-refractivity contribution is 6.10. The molecule has 2 aromatic carbocycles. The van der Waals surface area contributed by atoms with Gasteiger partial charge < -0.3 is 10.2 Å². The number of hydrogen-bond acceptors (Lipinski definition) is 2. The maximum atomic E-state index is 13.1. The van der Waals surface area contributed by atoms with Crippen molar-refractivity contribution >= 4 is 23.2 Å². The number of amides is 2. The van der Waals surface area contributed by atoms with Crippen LogP contribution in [0.2, 0.25) is 0 Å². The molecular formula is C24H30N2O2. The molecule has 1 aliphatic heterocycles. The monoisotopic (exact) mass is 378 g/mol. The number of hydrogen-bond donors (Lipinski definition) is 1. The SMILES string of the molecule is Cc1ccc2c(c1)CCC(C)(C)N2C(=O)CC(=O)Nc1ccccc1C(C)C. The molecule has 0 bridgehead atoms. The molecular weight excluding hydrogens is 348 g/mol. The molecule has 2 aromatic rings.